The van der Waals surface area contributed by atoms with Gasteiger partial charge in [-0.2, -0.15) is 0 Å². The number of para-hydroxylation sites is 1. The zero-order valence-electron chi connectivity index (χ0n) is 12.4. The van der Waals surface area contributed by atoms with Gasteiger partial charge in [-0.1, -0.05) is 6.07 Å². The number of hydrogen-bond donors (Lipinski definition) is 2. The Labute approximate surface area is 120 Å². The highest BCUT2D eigenvalue weighted by Crippen LogP contribution is 2.35. The van der Waals surface area contributed by atoms with Gasteiger partial charge in [-0.3, -0.25) is 0 Å². The molecule has 1 saturated heterocycles. The van der Waals surface area contributed by atoms with Crippen molar-refractivity contribution in [1.82, 2.24) is 0 Å². The number of morpholine rings is 1. The van der Waals surface area contributed by atoms with Crippen LogP contribution in [0.3, 0.4) is 0 Å². The summed E-state index contributed by atoms with van der Waals surface area (Å²) in [5.41, 5.74) is 7.83. The van der Waals surface area contributed by atoms with Gasteiger partial charge in [0.05, 0.1) is 36.8 Å². The molecule has 20 heavy (non-hydrogen) atoms. The van der Waals surface area contributed by atoms with Gasteiger partial charge in [0.1, 0.15) is 5.75 Å². The standard InChI is InChI=1S/C15H24N2O3/c1-10(2)20-14-6-4-5-13(15(14)16)17-7-12(8-18)19-9-11(17)3/h4-6,10-12,18H,7-9,16H2,1-3H3. The second-order valence-electron chi connectivity index (χ2n) is 5.49. The van der Waals surface area contributed by atoms with E-state index in [1.54, 1.807) is 0 Å². The van der Waals surface area contributed by atoms with Crippen molar-refractivity contribution >= 4 is 11.4 Å². The maximum atomic E-state index is 9.28. The van der Waals surface area contributed by atoms with Crippen molar-refractivity contribution in [3.63, 3.8) is 0 Å². The number of aliphatic hydroxyl groups is 1. The summed E-state index contributed by atoms with van der Waals surface area (Å²) in [7, 11) is 0. The van der Waals surface area contributed by atoms with E-state index >= 15 is 0 Å². The van der Waals surface area contributed by atoms with Crippen molar-refractivity contribution in [2.75, 3.05) is 30.4 Å². The predicted octanol–water partition coefficient (Wildman–Crippen LogP) is 1.64. The van der Waals surface area contributed by atoms with Crippen molar-refractivity contribution in [2.24, 2.45) is 0 Å². The molecule has 3 N–H and O–H groups in total. The SMILES string of the molecule is CC(C)Oc1cccc(N2CC(CO)OCC2C)c1N. The molecule has 0 spiro atoms. The van der Waals surface area contributed by atoms with Crippen LogP contribution in [-0.2, 0) is 4.74 Å². The highest BCUT2D eigenvalue weighted by atomic mass is 16.5. The minimum atomic E-state index is -0.166. The van der Waals surface area contributed by atoms with E-state index < -0.39 is 0 Å². The Hall–Kier alpha value is -1.46. The van der Waals surface area contributed by atoms with E-state index in [-0.39, 0.29) is 24.9 Å². The molecule has 0 radical (unpaired) electrons. The van der Waals surface area contributed by atoms with Crippen LogP contribution in [0.2, 0.25) is 0 Å². The van der Waals surface area contributed by atoms with E-state index in [1.807, 2.05) is 32.0 Å². The summed E-state index contributed by atoms with van der Waals surface area (Å²) >= 11 is 0. The summed E-state index contributed by atoms with van der Waals surface area (Å²) < 4.78 is 11.3. The fraction of sp³-hybridized carbons (Fsp3) is 0.600. The molecule has 5 heteroatoms. The Morgan fingerprint density at radius 1 is 1.50 bits per heavy atom. The summed E-state index contributed by atoms with van der Waals surface area (Å²) in [6.45, 7) is 7.28. The first-order valence-electron chi connectivity index (χ1n) is 7.07. The molecule has 0 aliphatic carbocycles. The lowest BCUT2D eigenvalue weighted by atomic mass is 10.1. The molecule has 1 aliphatic heterocycles. The Balaban J connectivity index is 2.26. The Morgan fingerprint density at radius 3 is 2.90 bits per heavy atom. The fourth-order valence-corrected chi connectivity index (χ4v) is 2.40. The topological polar surface area (TPSA) is 68.0 Å². The zero-order chi connectivity index (χ0) is 14.7. The highest BCUT2D eigenvalue weighted by molar-refractivity contribution is 5.74. The maximum absolute atomic E-state index is 9.28. The minimum Gasteiger partial charge on any atom is -0.489 e. The first-order chi connectivity index (χ1) is 9.52. The number of nitrogen functional groups attached to an aromatic ring is 1. The first kappa shape index (κ1) is 14.9. The van der Waals surface area contributed by atoms with Crippen molar-refractivity contribution in [3.8, 4) is 5.75 Å². The number of benzene rings is 1. The molecule has 0 bridgehead atoms. The molecule has 2 unspecified atom stereocenters. The quantitative estimate of drug-likeness (QED) is 0.821. The largest absolute Gasteiger partial charge is 0.489 e. The number of nitrogens with two attached hydrogens (primary N) is 1. The summed E-state index contributed by atoms with van der Waals surface area (Å²) in [5.74, 6) is 0.705. The zero-order valence-corrected chi connectivity index (χ0v) is 12.4. The number of aliphatic hydroxyl groups excluding tert-OH is 1. The molecule has 1 aromatic rings. The van der Waals surface area contributed by atoms with Gasteiger partial charge in [-0.15, -0.1) is 0 Å². The Bertz CT molecular complexity index is 451. The molecular weight excluding hydrogens is 256 g/mol. The van der Waals surface area contributed by atoms with Gasteiger partial charge in [0.15, 0.2) is 0 Å². The van der Waals surface area contributed by atoms with E-state index in [0.717, 1.165) is 5.69 Å². The van der Waals surface area contributed by atoms with Crippen LogP contribution >= 0.6 is 0 Å². The molecular formula is C15H24N2O3. The number of rotatable bonds is 4. The molecule has 1 aromatic carbocycles. The van der Waals surface area contributed by atoms with Crippen molar-refractivity contribution in [2.45, 2.75) is 39.0 Å². The average Bonchev–Trinajstić information content (AvgIpc) is 2.42. The lowest BCUT2D eigenvalue weighted by Crippen LogP contribution is -2.49. The van der Waals surface area contributed by atoms with Crippen LogP contribution in [0.1, 0.15) is 20.8 Å². The third-order valence-corrected chi connectivity index (χ3v) is 3.42. The first-order valence-corrected chi connectivity index (χ1v) is 7.07. The molecule has 0 saturated carbocycles. The summed E-state index contributed by atoms with van der Waals surface area (Å²) in [4.78, 5) is 2.17. The van der Waals surface area contributed by atoms with Crippen LogP contribution in [0.15, 0.2) is 18.2 Å². The van der Waals surface area contributed by atoms with Gasteiger partial charge in [0.2, 0.25) is 0 Å². The number of hydrogen-bond acceptors (Lipinski definition) is 5. The molecule has 1 heterocycles. The van der Waals surface area contributed by atoms with Crippen molar-refractivity contribution < 1.29 is 14.6 Å². The fourth-order valence-electron chi connectivity index (χ4n) is 2.40. The van der Waals surface area contributed by atoms with Crippen LogP contribution in [0.25, 0.3) is 0 Å². The molecule has 0 amide bonds. The second kappa shape index (κ2) is 6.33. The van der Waals surface area contributed by atoms with Crippen LogP contribution in [0, 0.1) is 0 Å². The van der Waals surface area contributed by atoms with Gasteiger partial charge < -0.3 is 25.2 Å². The molecule has 0 aromatic heterocycles. The molecule has 2 rings (SSSR count). The van der Waals surface area contributed by atoms with Crippen molar-refractivity contribution in [3.05, 3.63) is 18.2 Å². The van der Waals surface area contributed by atoms with Gasteiger partial charge >= 0.3 is 0 Å². The minimum absolute atomic E-state index is 0.0192. The third-order valence-electron chi connectivity index (χ3n) is 3.42. The van der Waals surface area contributed by atoms with Crippen molar-refractivity contribution in [1.29, 1.82) is 0 Å². The highest BCUT2D eigenvalue weighted by Gasteiger charge is 2.27. The van der Waals surface area contributed by atoms with E-state index in [0.29, 0.717) is 24.6 Å². The third kappa shape index (κ3) is 3.16. The normalized spacial score (nSPS) is 23.1. The average molecular weight is 280 g/mol. The number of ether oxygens (including phenoxy) is 2. The van der Waals surface area contributed by atoms with E-state index in [1.165, 1.54) is 0 Å². The molecule has 1 fully saturated rings. The van der Waals surface area contributed by atoms with E-state index in [2.05, 4.69) is 11.8 Å². The monoisotopic (exact) mass is 280 g/mol. The van der Waals surface area contributed by atoms with Gasteiger partial charge in [-0.25, -0.2) is 0 Å². The molecule has 2 atom stereocenters. The maximum Gasteiger partial charge on any atom is 0.144 e. The Morgan fingerprint density at radius 2 is 2.25 bits per heavy atom. The van der Waals surface area contributed by atoms with Gasteiger partial charge in [0, 0.05) is 12.6 Å². The summed E-state index contributed by atoms with van der Waals surface area (Å²) in [6, 6.07) is 6.03. The Kier molecular flexibility index (Phi) is 4.73. The lowest BCUT2D eigenvalue weighted by Gasteiger charge is -2.39. The van der Waals surface area contributed by atoms with Crippen LogP contribution < -0.4 is 15.4 Å². The molecule has 5 nitrogen and oxygen atoms in total. The van der Waals surface area contributed by atoms with Gasteiger partial charge in [-0.05, 0) is 32.9 Å². The van der Waals surface area contributed by atoms with Crippen LogP contribution in [0.4, 0.5) is 11.4 Å². The van der Waals surface area contributed by atoms with E-state index in [9.17, 15) is 5.11 Å². The summed E-state index contributed by atoms with van der Waals surface area (Å²) in [6.07, 6.45) is -0.0832. The number of anilines is 2. The molecule has 1 aliphatic rings. The smallest absolute Gasteiger partial charge is 0.144 e. The summed E-state index contributed by atoms with van der Waals surface area (Å²) in [5, 5.41) is 9.28. The van der Waals surface area contributed by atoms with Gasteiger partial charge in [0.25, 0.3) is 0 Å². The molecule has 112 valence electrons. The van der Waals surface area contributed by atoms with Crippen LogP contribution in [0.5, 0.6) is 5.75 Å². The predicted molar refractivity (Wildman–Crippen MR) is 80.3 cm³/mol. The number of nitrogens with zero attached hydrogens (tertiary/aromatic N) is 1. The van der Waals surface area contributed by atoms with E-state index in [4.69, 9.17) is 15.2 Å². The lowest BCUT2D eigenvalue weighted by molar-refractivity contribution is -0.0103. The van der Waals surface area contributed by atoms with Crippen LogP contribution in [-0.4, -0.2) is 43.1 Å². The second-order valence-corrected chi connectivity index (χ2v) is 5.49.